The lowest BCUT2D eigenvalue weighted by atomic mass is 9.94. The van der Waals surface area contributed by atoms with Crippen molar-refractivity contribution >= 4 is 23.1 Å². The van der Waals surface area contributed by atoms with Crippen LogP contribution in [0.25, 0.3) is 5.76 Å². The van der Waals surface area contributed by atoms with E-state index < -0.39 is 23.5 Å². The van der Waals surface area contributed by atoms with Crippen molar-refractivity contribution in [3.8, 4) is 5.75 Å². The molecular weight excluding hydrogens is 421 g/mol. The van der Waals surface area contributed by atoms with Crippen molar-refractivity contribution in [3.05, 3.63) is 101 Å². The third-order valence-electron chi connectivity index (χ3n) is 5.52. The molecule has 1 heterocycles. The van der Waals surface area contributed by atoms with Crippen LogP contribution >= 0.6 is 0 Å². The van der Waals surface area contributed by atoms with Crippen LogP contribution in [-0.2, 0) is 9.59 Å². The second kappa shape index (κ2) is 8.90. The summed E-state index contributed by atoms with van der Waals surface area (Å²) in [7, 11) is 0. The number of para-hydroxylation sites is 1. The molecule has 1 aliphatic rings. The maximum absolute atomic E-state index is 14.9. The number of ether oxygens (including phenoxy) is 1. The summed E-state index contributed by atoms with van der Waals surface area (Å²) in [5.74, 6) is -2.03. The molecule has 3 aromatic rings. The van der Waals surface area contributed by atoms with Crippen LogP contribution in [0.5, 0.6) is 5.75 Å². The van der Waals surface area contributed by atoms with Gasteiger partial charge in [0.25, 0.3) is 11.7 Å². The lowest BCUT2D eigenvalue weighted by Crippen LogP contribution is -2.30. The van der Waals surface area contributed by atoms with E-state index in [2.05, 4.69) is 0 Å². The number of rotatable bonds is 5. The molecule has 0 saturated carbocycles. The van der Waals surface area contributed by atoms with E-state index in [1.807, 2.05) is 19.9 Å². The van der Waals surface area contributed by atoms with E-state index in [9.17, 15) is 19.1 Å². The molecule has 168 valence electrons. The van der Waals surface area contributed by atoms with Crippen molar-refractivity contribution in [1.29, 1.82) is 0 Å². The van der Waals surface area contributed by atoms with Crippen LogP contribution in [0.2, 0.25) is 0 Å². The molecule has 0 radical (unpaired) electrons. The molecule has 1 aliphatic heterocycles. The first-order chi connectivity index (χ1) is 15.8. The molecule has 4 rings (SSSR count). The number of Topliss-reactive ketones (excluding diaryl/α,β-unsaturated/α-hetero) is 1. The molecule has 0 bridgehead atoms. The summed E-state index contributed by atoms with van der Waals surface area (Å²) in [4.78, 5) is 27.6. The van der Waals surface area contributed by atoms with E-state index in [4.69, 9.17) is 4.74 Å². The molecule has 1 unspecified atom stereocenters. The van der Waals surface area contributed by atoms with Gasteiger partial charge in [-0.05, 0) is 62.7 Å². The number of aryl methyl sites for hydroxylation is 1. The molecule has 0 spiro atoms. The average Bonchev–Trinajstić information content (AvgIpc) is 3.04. The van der Waals surface area contributed by atoms with Crippen LogP contribution in [0, 0.1) is 12.7 Å². The van der Waals surface area contributed by atoms with Gasteiger partial charge in [-0.1, -0.05) is 36.4 Å². The minimum Gasteiger partial charge on any atom is -0.507 e. The Hall–Kier alpha value is -3.93. The zero-order chi connectivity index (χ0) is 23.7. The Morgan fingerprint density at radius 2 is 1.61 bits per heavy atom. The highest BCUT2D eigenvalue weighted by Crippen LogP contribution is 2.43. The summed E-state index contributed by atoms with van der Waals surface area (Å²) in [6.45, 7) is 5.60. The molecule has 3 aromatic carbocycles. The van der Waals surface area contributed by atoms with Crippen LogP contribution in [-0.4, -0.2) is 22.9 Å². The second-order valence-electron chi connectivity index (χ2n) is 8.17. The molecule has 1 saturated heterocycles. The SMILES string of the molecule is Cc1ccccc1N1C(=O)C(=O)/C(=C(/O)c2ccc(OC(C)C)cc2)C1c1ccccc1F. The summed E-state index contributed by atoms with van der Waals surface area (Å²) in [5, 5.41) is 11.2. The Morgan fingerprint density at radius 1 is 0.970 bits per heavy atom. The van der Waals surface area contributed by atoms with Crippen molar-refractivity contribution < 1.29 is 23.8 Å². The first-order valence-corrected chi connectivity index (χ1v) is 10.7. The van der Waals surface area contributed by atoms with Crippen LogP contribution in [0.1, 0.15) is 36.6 Å². The first kappa shape index (κ1) is 22.3. The van der Waals surface area contributed by atoms with Gasteiger partial charge in [0.05, 0.1) is 17.7 Å². The summed E-state index contributed by atoms with van der Waals surface area (Å²) in [6, 6.07) is 18.5. The highest BCUT2D eigenvalue weighted by Gasteiger charge is 2.48. The highest BCUT2D eigenvalue weighted by atomic mass is 19.1. The molecule has 1 N–H and O–H groups in total. The van der Waals surface area contributed by atoms with Crippen molar-refractivity contribution in [2.24, 2.45) is 0 Å². The molecule has 1 amide bonds. The van der Waals surface area contributed by atoms with Gasteiger partial charge in [0, 0.05) is 16.8 Å². The van der Waals surface area contributed by atoms with Gasteiger partial charge in [0.15, 0.2) is 0 Å². The van der Waals surface area contributed by atoms with E-state index in [-0.39, 0.29) is 23.0 Å². The van der Waals surface area contributed by atoms with Gasteiger partial charge in [-0.3, -0.25) is 14.5 Å². The number of ketones is 1. The standard InChI is InChI=1S/C27H24FNO4/c1-16(2)33-19-14-12-18(13-15-19)25(30)23-24(20-9-5-6-10-21(20)28)29(27(32)26(23)31)22-11-7-4-8-17(22)3/h4-16,24,30H,1-3H3/b25-23+. The van der Waals surface area contributed by atoms with E-state index in [1.165, 1.54) is 23.1 Å². The van der Waals surface area contributed by atoms with E-state index >= 15 is 0 Å². The number of benzene rings is 3. The number of amides is 1. The molecule has 33 heavy (non-hydrogen) atoms. The highest BCUT2D eigenvalue weighted by molar-refractivity contribution is 6.51. The normalized spacial score (nSPS) is 17.6. The van der Waals surface area contributed by atoms with E-state index in [0.717, 1.165) is 5.56 Å². The van der Waals surface area contributed by atoms with Gasteiger partial charge in [0.2, 0.25) is 0 Å². The molecule has 5 nitrogen and oxygen atoms in total. The number of nitrogens with zero attached hydrogens (tertiary/aromatic N) is 1. The topological polar surface area (TPSA) is 66.8 Å². The molecule has 1 atom stereocenters. The van der Waals surface area contributed by atoms with Crippen LogP contribution in [0.3, 0.4) is 0 Å². The smallest absolute Gasteiger partial charge is 0.300 e. The predicted molar refractivity (Wildman–Crippen MR) is 125 cm³/mol. The Balaban J connectivity index is 1.90. The van der Waals surface area contributed by atoms with Gasteiger partial charge < -0.3 is 9.84 Å². The Kier molecular flexibility index (Phi) is 6.01. The number of aliphatic hydroxyl groups excluding tert-OH is 1. The van der Waals surface area contributed by atoms with Crippen LogP contribution in [0.4, 0.5) is 10.1 Å². The summed E-state index contributed by atoms with van der Waals surface area (Å²) in [6.07, 6.45) is -0.0232. The largest absolute Gasteiger partial charge is 0.507 e. The molecule has 0 aromatic heterocycles. The van der Waals surface area contributed by atoms with E-state index in [0.29, 0.717) is 17.0 Å². The zero-order valence-corrected chi connectivity index (χ0v) is 18.6. The minimum atomic E-state index is -1.11. The van der Waals surface area contributed by atoms with Gasteiger partial charge in [-0.2, -0.15) is 0 Å². The Morgan fingerprint density at radius 3 is 2.24 bits per heavy atom. The third-order valence-corrected chi connectivity index (χ3v) is 5.52. The first-order valence-electron chi connectivity index (χ1n) is 10.7. The maximum atomic E-state index is 14.9. The second-order valence-corrected chi connectivity index (χ2v) is 8.17. The van der Waals surface area contributed by atoms with Crippen LogP contribution < -0.4 is 9.64 Å². The van der Waals surface area contributed by atoms with Crippen molar-refractivity contribution in [2.75, 3.05) is 4.90 Å². The molecular formula is C27H24FNO4. The van der Waals surface area contributed by atoms with Gasteiger partial charge in [0.1, 0.15) is 17.3 Å². The maximum Gasteiger partial charge on any atom is 0.300 e. The fourth-order valence-electron chi connectivity index (χ4n) is 4.02. The molecule has 6 heteroatoms. The van der Waals surface area contributed by atoms with Crippen LogP contribution in [0.15, 0.2) is 78.4 Å². The van der Waals surface area contributed by atoms with Gasteiger partial charge in [-0.15, -0.1) is 0 Å². The molecule has 0 aliphatic carbocycles. The number of carbonyl (C=O) groups excluding carboxylic acids is 2. The number of hydrogen-bond acceptors (Lipinski definition) is 4. The van der Waals surface area contributed by atoms with Crippen molar-refractivity contribution in [3.63, 3.8) is 0 Å². The third kappa shape index (κ3) is 4.12. The fraction of sp³-hybridized carbons (Fsp3) is 0.185. The lowest BCUT2D eigenvalue weighted by Gasteiger charge is -2.27. The van der Waals surface area contributed by atoms with Crippen molar-refractivity contribution in [1.82, 2.24) is 0 Å². The van der Waals surface area contributed by atoms with E-state index in [1.54, 1.807) is 55.5 Å². The Labute approximate surface area is 191 Å². The van der Waals surface area contributed by atoms with Gasteiger partial charge in [-0.25, -0.2) is 4.39 Å². The summed E-state index contributed by atoms with van der Waals surface area (Å²) < 4.78 is 20.6. The number of aliphatic hydroxyl groups is 1. The molecule has 1 fully saturated rings. The quantitative estimate of drug-likeness (QED) is 0.318. The monoisotopic (exact) mass is 445 g/mol. The minimum absolute atomic E-state index is 0.0232. The zero-order valence-electron chi connectivity index (χ0n) is 18.6. The Bertz CT molecular complexity index is 1250. The van der Waals surface area contributed by atoms with Gasteiger partial charge >= 0.3 is 0 Å². The fourth-order valence-corrected chi connectivity index (χ4v) is 4.02. The summed E-state index contributed by atoms with van der Waals surface area (Å²) >= 11 is 0. The number of halogens is 1. The van der Waals surface area contributed by atoms with Crippen molar-refractivity contribution in [2.45, 2.75) is 32.9 Å². The number of carbonyl (C=O) groups is 2. The number of hydrogen-bond donors (Lipinski definition) is 1. The predicted octanol–water partition coefficient (Wildman–Crippen LogP) is 5.55. The average molecular weight is 445 g/mol. The summed E-state index contributed by atoms with van der Waals surface area (Å²) in [5.41, 5.74) is 1.52. The number of anilines is 1. The lowest BCUT2D eigenvalue weighted by molar-refractivity contribution is -0.132.